The molecule has 2 rings (SSSR count). The number of aryl methyl sites for hydroxylation is 1. The summed E-state index contributed by atoms with van der Waals surface area (Å²) in [6.07, 6.45) is 0.292. The molecule has 0 fully saturated rings. The molecule has 26 heavy (non-hydrogen) atoms. The maximum absolute atomic E-state index is 12.6. The monoisotopic (exact) mass is 358 g/mol. The smallest absolute Gasteiger partial charge is 0.358 e. The molecule has 1 atom stereocenters. The number of hydrogen-bond donors (Lipinski definition) is 1. The molecular weight excluding hydrogens is 344 g/mol. The van der Waals surface area contributed by atoms with E-state index in [1.807, 2.05) is 0 Å². The molecule has 11 nitrogen and oxygen atoms in total. The number of hydrogen-bond acceptors (Lipinski definition) is 7. The summed E-state index contributed by atoms with van der Waals surface area (Å²) in [5.41, 5.74) is 0.208. The zero-order valence-corrected chi connectivity index (χ0v) is 13.9. The fourth-order valence-corrected chi connectivity index (χ4v) is 2.41. The molecule has 1 heterocycles. The van der Waals surface area contributed by atoms with Crippen LogP contribution >= 0.6 is 0 Å². The lowest BCUT2D eigenvalue weighted by atomic mass is 10.1. The first-order valence-corrected chi connectivity index (χ1v) is 7.48. The molecule has 0 saturated heterocycles. The second kappa shape index (κ2) is 7.39. The van der Waals surface area contributed by atoms with Crippen LogP contribution in [0.5, 0.6) is 0 Å². The summed E-state index contributed by atoms with van der Waals surface area (Å²) >= 11 is 0. The molecule has 0 bridgehead atoms. The molecule has 1 aromatic carbocycles. The van der Waals surface area contributed by atoms with Crippen LogP contribution in [0.2, 0.25) is 0 Å². The topological polar surface area (TPSA) is 157 Å². The van der Waals surface area contributed by atoms with Crippen LogP contribution in [0, 0.1) is 38.5 Å². The van der Waals surface area contributed by atoms with Gasteiger partial charge in [0.25, 0.3) is 11.6 Å². The van der Waals surface area contributed by atoms with Crippen LogP contribution in [0.1, 0.15) is 30.6 Å². The standard InChI is InChI=1S/C15H14N6O5/c1-3-13(19-9(2)6-14(18-19)21(25)26)15(22)17-12-5-4-11(20(23)24)7-10(12)8-16/h4-7,13H,3H2,1-2H3,(H,17,22). The Morgan fingerprint density at radius 3 is 2.54 bits per heavy atom. The van der Waals surface area contributed by atoms with Crippen LogP contribution in [-0.4, -0.2) is 25.5 Å². The molecular formula is C15H14N6O5. The van der Waals surface area contributed by atoms with Crippen LogP contribution < -0.4 is 5.32 Å². The van der Waals surface area contributed by atoms with E-state index >= 15 is 0 Å². The van der Waals surface area contributed by atoms with Gasteiger partial charge in [0.15, 0.2) is 6.04 Å². The van der Waals surface area contributed by atoms with E-state index in [-0.39, 0.29) is 22.8 Å². The Morgan fingerprint density at radius 1 is 1.35 bits per heavy atom. The first kappa shape index (κ1) is 18.5. The molecule has 0 spiro atoms. The summed E-state index contributed by atoms with van der Waals surface area (Å²) < 4.78 is 1.24. The van der Waals surface area contributed by atoms with Crippen molar-refractivity contribution >= 4 is 23.1 Å². The van der Waals surface area contributed by atoms with E-state index in [0.717, 1.165) is 6.07 Å². The number of benzene rings is 1. The van der Waals surface area contributed by atoms with Gasteiger partial charge in [0.2, 0.25) is 0 Å². The lowest BCUT2D eigenvalue weighted by Crippen LogP contribution is -2.27. The van der Waals surface area contributed by atoms with Crippen molar-refractivity contribution in [3.05, 3.63) is 55.8 Å². The molecule has 0 aliphatic rings. The number of nitriles is 1. The quantitative estimate of drug-likeness (QED) is 0.613. The molecule has 0 aliphatic heterocycles. The highest BCUT2D eigenvalue weighted by Crippen LogP contribution is 2.24. The summed E-state index contributed by atoms with van der Waals surface area (Å²) in [7, 11) is 0. The maximum Gasteiger partial charge on any atom is 0.390 e. The molecule has 0 aliphatic carbocycles. The predicted molar refractivity (Wildman–Crippen MR) is 89.4 cm³/mol. The molecule has 0 radical (unpaired) electrons. The Kier molecular flexibility index (Phi) is 5.27. The molecule has 2 aromatic rings. The van der Waals surface area contributed by atoms with Crippen LogP contribution in [0.4, 0.5) is 17.2 Å². The number of amides is 1. The van der Waals surface area contributed by atoms with Gasteiger partial charge in [0.1, 0.15) is 6.07 Å². The lowest BCUT2D eigenvalue weighted by molar-refractivity contribution is -0.389. The Morgan fingerprint density at radius 2 is 2.04 bits per heavy atom. The van der Waals surface area contributed by atoms with Crippen LogP contribution in [0.3, 0.4) is 0 Å². The SMILES string of the molecule is CCC(C(=O)Nc1ccc([N+](=O)[O-])cc1C#N)n1nc([N+](=O)[O-])cc1C. The van der Waals surface area contributed by atoms with Crippen molar-refractivity contribution in [3.63, 3.8) is 0 Å². The van der Waals surface area contributed by atoms with Gasteiger partial charge in [-0.1, -0.05) is 6.92 Å². The van der Waals surface area contributed by atoms with E-state index in [1.165, 1.54) is 22.9 Å². The van der Waals surface area contributed by atoms with E-state index in [9.17, 15) is 25.0 Å². The number of rotatable bonds is 6. The van der Waals surface area contributed by atoms with Crippen molar-refractivity contribution < 1.29 is 14.6 Å². The Balaban J connectivity index is 2.32. The fourth-order valence-electron chi connectivity index (χ4n) is 2.41. The molecule has 1 amide bonds. The van der Waals surface area contributed by atoms with Crippen LogP contribution in [0.25, 0.3) is 0 Å². The van der Waals surface area contributed by atoms with Crippen molar-refractivity contribution in [2.45, 2.75) is 26.3 Å². The minimum atomic E-state index is -0.842. The van der Waals surface area contributed by atoms with Gasteiger partial charge in [-0.3, -0.25) is 14.9 Å². The van der Waals surface area contributed by atoms with Gasteiger partial charge in [-0.15, -0.1) is 0 Å². The summed E-state index contributed by atoms with van der Waals surface area (Å²) in [5, 5.41) is 37.1. The number of non-ortho nitro benzene ring substituents is 1. The van der Waals surface area contributed by atoms with Crippen molar-refractivity contribution in [1.82, 2.24) is 9.78 Å². The number of carbonyl (C=O) groups excluding carboxylic acids is 1. The number of nitro groups is 2. The van der Waals surface area contributed by atoms with Crippen molar-refractivity contribution in [3.8, 4) is 6.07 Å². The minimum Gasteiger partial charge on any atom is -0.358 e. The van der Waals surface area contributed by atoms with E-state index in [2.05, 4.69) is 10.4 Å². The molecule has 11 heteroatoms. The van der Waals surface area contributed by atoms with Gasteiger partial charge in [-0.2, -0.15) is 9.94 Å². The Hall–Kier alpha value is -3.81. The van der Waals surface area contributed by atoms with E-state index in [4.69, 9.17) is 5.26 Å². The van der Waals surface area contributed by atoms with Gasteiger partial charge in [0.05, 0.1) is 33.0 Å². The maximum atomic E-state index is 12.6. The third-order valence-corrected chi connectivity index (χ3v) is 3.67. The van der Waals surface area contributed by atoms with Gasteiger partial charge < -0.3 is 15.4 Å². The largest absolute Gasteiger partial charge is 0.390 e. The number of nitrogens with zero attached hydrogens (tertiary/aromatic N) is 5. The molecule has 1 N–H and O–H groups in total. The van der Waals surface area contributed by atoms with Gasteiger partial charge in [-0.25, -0.2) is 0 Å². The summed E-state index contributed by atoms with van der Waals surface area (Å²) in [6.45, 7) is 3.29. The number of aromatic nitrogens is 2. The van der Waals surface area contributed by atoms with Crippen LogP contribution in [-0.2, 0) is 4.79 Å². The molecule has 0 saturated carbocycles. The lowest BCUT2D eigenvalue weighted by Gasteiger charge is -2.14. The highest BCUT2D eigenvalue weighted by molar-refractivity contribution is 5.95. The first-order chi connectivity index (χ1) is 12.3. The first-order valence-electron chi connectivity index (χ1n) is 7.48. The summed E-state index contributed by atoms with van der Waals surface area (Å²) in [6, 6.07) is 5.69. The van der Waals surface area contributed by atoms with E-state index in [0.29, 0.717) is 12.1 Å². The average Bonchev–Trinajstić information content (AvgIpc) is 2.97. The molecule has 1 aromatic heterocycles. The molecule has 134 valence electrons. The third-order valence-electron chi connectivity index (χ3n) is 3.67. The highest BCUT2D eigenvalue weighted by Gasteiger charge is 2.27. The van der Waals surface area contributed by atoms with Crippen molar-refractivity contribution in [2.24, 2.45) is 0 Å². The third kappa shape index (κ3) is 3.64. The van der Waals surface area contributed by atoms with Gasteiger partial charge >= 0.3 is 5.82 Å². The molecule has 1 unspecified atom stereocenters. The second-order valence-corrected chi connectivity index (χ2v) is 5.36. The average molecular weight is 358 g/mol. The minimum absolute atomic E-state index is 0.0643. The number of carbonyl (C=O) groups is 1. The van der Waals surface area contributed by atoms with E-state index < -0.39 is 21.8 Å². The normalized spacial score (nSPS) is 11.4. The number of nitro benzene ring substituents is 1. The van der Waals surface area contributed by atoms with Crippen LogP contribution in [0.15, 0.2) is 24.3 Å². The zero-order chi connectivity index (χ0) is 19.4. The van der Waals surface area contributed by atoms with Crippen molar-refractivity contribution in [2.75, 3.05) is 5.32 Å². The summed E-state index contributed by atoms with van der Waals surface area (Å²) in [5.74, 6) is -0.916. The highest BCUT2D eigenvalue weighted by atomic mass is 16.6. The van der Waals surface area contributed by atoms with E-state index in [1.54, 1.807) is 19.9 Å². The summed E-state index contributed by atoms with van der Waals surface area (Å²) in [4.78, 5) is 32.9. The fraction of sp³-hybridized carbons (Fsp3) is 0.267. The van der Waals surface area contributed by atoms with Crippen molar-refractivity contribution in [1.29, 1.82) is 5.26 Å². The predicted octanol–water partition coefficient (Wildman–Crippen LogP) is 2.47. The number of nitrogens with one attached hydrogen (secondary N) is 1. The Bertz CT molecular complexity index is 929. The zero-order valence-electron chi connectivity index (χ0n) is 13.9. The second-order valence-electron chi connectivity index (χ2n) is 5.36. The Labute approximate surface area is 147 Å². The van der Waals surface area contributed by atoms with Gasteiger partial charge in [0, 0.05) is 12.1 Å². The number of anilines is 1. The van der Waals surface area contributed by atoms with Gasteiger partial charge in [-0.05, 0) is 24.3 Å².